The highest BCUT2D eigenvalue weighted by atomic mass is 32.1. The van der Waals surface area contributed by atoms with E-state index in [1.807, 2.05) is 36.4 Å². The van der Waals surface area contributed by atoms with Gasteiger partial charge in [-0.05, 0) is 38.3 Å². The zero-order chi connectivity index (χ0) is 14.9. The molecule has 0 aliphatic rings. The lowest BCUT2D eigenvalue weighted by Gasteiger charge is -2.28. The van der Waals surface area contributed by atoms with Crippen molar-refractivity contribution in [2.75, 3.05) is 11.9 Å². The van der Waals surface area contributed by atoms with Gasteiger partial charge in [0.1, 0.15) is 5.56 Å². The van der Waals surface area contributed by atoms with Crippen LogP contribution in [0.4, 0.5) is 5.69 Å². The Kier molecular flexibility index (Phi) is 4.09. The third-order valence-corrected chi connectivity index (χ3v) is 4.48. The molecule has 0 aliphatic heterocycles. The van der Waals surface area contributed by atoms with Crippen molar-refractivity contribution >= 4 is 23.0 Å². The summed E-state index contributed by atoms with van der Waals surface area (Å²) < 4.78 is 0. The molecule has 0 saturated heterocycles. The Hall–Kier alpha value is -1.88. The predicted molar refractivity (Wildman–Crippen MR) is 81.8 cm³/mol. The number of carboxylic acid groups (broad SMARTS) is 1. The molecule has 2 rings (SSSR count). The van der Waals surface area contributed by atoms with Gasteiger partial charge in [-0.1, -0.05) is 6.07 Å². The van der Waals surface area contributed by atoms with Crippen LogP contribution in [0.1, 0.15) is 39.6 Å². The standard InChI is InChI=1S/C15H18N2O2S/c1-9-8-12(14(15(18)19)10(2)16-9)17(4)11(3)13-6-5-7-20-13/h5-8,11H,1-4H3,(H,18,19). The smallest absolute Gasteiger partial charge is 0.339 e. The third-order valence-electron chi connectivity index (χ3n) is 3.44. The first-order chi connectivity index (χ1) is 9.41. The normalized spacial score (nSPS) is 12.2. The van der Waals surface area contributed by atoms with Crippen LogP contribution in [0.15, 0.2) is 23.6 Å². The lowest BCUT2D eigenvalue weighted by atomic mass is 10.1. The lowest BCUT2D eigenvalue weighted by molar-refractivity contribution is 0.0696. The fourth-order valence-corrected chi connectivity index (χ4v) is 3.11. The predicted octanol–water partition coefficient (Wildman–Crippen LogP) is 3.66. The molecule has 20 heavy (non-hydrogen) atoms. The molecule has 2 heterocycles. The van der Waals surface area contributed by atoms with Crippen LogP contribution >= 0.6 is 11.3 Å². The van der Waals surface area contributed by atoms with Crippen LogP contribution in [0.2, 0.25) is 0 Å². The lowest BCUT2D eigenvalue weighted by Crippen LogP contribution is -2.24. The average Bonchev–Trinajstić information content (AvgIpc) is 2.89. The number of aromatic nitrogens is 1. The molecule has 0 aromatic carbocycles. The van der Waals surface area contributed by atoms with Gasteiger partial charge in [-0.25, -0.2) is 4.79 Å². The first-order valence-corrected chi connectivity index (χ1v) is 7.27. The van der Waals surface area contributed by atoms with Crippen LogP contribution in [0.25, 0.3) is 0 Å². The highest BCUT2D eigenvalue weighted by molar-refractivity contribution is 7.10. The van der Waals surface area contributed by atoms with Crippen molar-refractivity contribution in [3.8, 4) is 0 Å². The number of aryl methyl sites for hydroxylation is 2. The molecule has 0 spiro atoms. The fraction of sp³-hybridized carbons (Fsp3) is 0.333. The van der Waals surface area contributed by atoms with E-state index in [1.54, 1.807) is 18.3 Å². The highest BCUT2D eigenvalue weighted by Gasteiger charge is 2.22. The number of rotatable bonds is 4. The summed E-state index contributed by atoms with van der Waals surface area (Å²) >= 11 is 1.67. The molecule has 1 atom stereocenters. The number of anilines is 1. The van der Waals surface area contributed by atoms with Crippen LogP contribution in [0, 0.1) is 13.8 Å². The SMILES string of the molecule is Cc1cc(N(C)C(C)c2cccs2)c(C(=O)O)c(C)n1. The Morgan fingerprint density at radius 1 is 1.45 bits per heavy atom. The zero-order valence-electron chi connectivity index (χ0n) is 12.0. The molecule has 2 aromatic heterocycles. The van der Waals surface area contributed by atoms with Crippen molar-refractivity contribution in [2.45, 2.75) is 26.8 Å². The summed E-state index contributed by atoms with van der Waals surface area (Å²) in [5.41, 5.74) is 2.37. The van der Waals surface area contributed by atoms with Crippen LogP contribution in [0.3, 0.4) is 0 Å². The topological polar surface area (TPSA) is 53.4 Å². The van der Waals surface area contributed by atoms with Gasteiger partial charge >= 0.3 is 5.97 Å². The van der Waals surface area contributed by atoms with Gasteiger partial charge in [0.05, 0.1) is 17.4 Å². The Morgan fingerprint density at radius 3 is 2.70 bits per heavy atom. The van der Waals surface area contributed by atoms with Gasteiger partial charge in [0.15, 0.2) is 0 Å². The Bertz CT molecular complexity index is 623. The van der Waals surface area contributed by atoms with Crippen molar-refractivity contribution in [1.29, 1.82) is 0 Å². The van der Waals surface area contributed by atoms with E-state index in [9.17, 15) is 9.90 Å². The van der Waals surface area contributed by atoms with E-state index < -0.39 is 5.97 Å². The first kappa shape index (κ1) is 14.5. The molecule has 0 amide bonds. The van der Waals surface area contributed by atoms with E-state index in [-0.39, 0.29) is 11.6 Å². The molecule has 5 heteroatoms. The Morgan fingerprint density at radius 2 is 2.15 bits per heavy atom. The summed E-state index contributed by atoms with van der Waals surface area (Å²) in [5, 5.41) is 11.5. The van der Waals surface area contributed by atoms with Crippen LogP contribution in [0.5, 0.6) is 0 Å². The number of hydrogen-bond donors (Lipinski definition) is 1. The third kappa shape index (κ3) is 2.67. The van der Waals surface area contributed by atoms with Gasteiger partial charge in [0.25, 0.3) is 0 Å². The quantitative estimate of drug-likeness (QED) is 0.933. The van der Waals surface area contributed by atoms with E-state index in [1.165, 1.54) is 4.88 Å². The van der Waals surface area contributed by atoms with Crippen molar-refractivity contribution < 1.29 is 9.90 Å². The van der Waals surface area contributed by atoms with Crippen molar-refractivity contribution in [1.82, 2.24) is 4.98 Å². The number of carboxylic acids is 1. The van der Waals surface area contributed by atoms with Gasteiger partial charge in [-0.15, -0.1) is 11.3 Å². The second-order valence-corrected chi connectivity index (χ2v) is 5.83. The summed E-state index contributed by atoms with van der Waals surface area (Å²) in [6.45, 7) is 5.69. The molecule has 1 N–H and O–H groups in total. The number of hydrogen-bond acceptors (Lipinski definition) is 4. The molecule has 106 valence electrons. The molecular weight excluding hydrogens is 272 g/mol. The van der Waals surface area contributed by atoms with Gasteiger partial charge in [-0.3, -0.25) is 4.98 Å². The number of thiophene rings is 1. The number of pyridine rings is 1. The van der Waals surface area contributed by atoms with Gasteiger partial charge in [0, 0.05) is 17.6 Å². The summed E-state index contributed by atoms with van der Waals surface area (Å²) in [4.78, 5) is 19.0. The second-order valence-electron chi connectivity index (χ2n) is 4.85. The van der Waals surface area contributed by atoms with Gasteiger partial charge in [-0.2, -0.15) is 0 Å². The largest absolute Gasteiger partial charge is 0.478 e. The zero-order valence-corrected chi connectivity index (χ0v) is 12.9. The summed E-state index contributed by atoms with van der Waals surface area (Å²) in [6, 6.07) is 6.02. The van der Waals surface area contributed by atoms with Gasteiger partial charge < -0.3 is 10.0 Å². The van der Waals surface area contributed by atoms with E-state index in [0.717, 1.165) is 5.69 Å². The molecule has 0 fully saturated rings. The maximum atomic E-state index is 11.5. The molecule has 4 nitrogen and oxygen atoms in total. The molecule has 1 unspecified atom stereocenters. The van der Waals surface area contributed by atoms with Crippen LogP contribution < -0.4 is 4.90 Å². The maximum absolute atomic E-state index is 11.5. The van der Waals surface area contributed by atoms with Crippen LogP contribution in [-0.2, 0) is 0 Å². The minimum absolute atomic E-state index is 0.120. The fourth-order valence-electron chi connectivity index (χ4n) is 2.28. The molecule has 0 saturated carbocycles. The molecular formula is C15H18N2O2S. The Labute approximate surface area is 122 Å². The van der Waals surface area contributed by atoms with Crippen molar-refractivity contribution in [3.05, 3.63) is 45.4 Å². The minimum Gasteiger partial charge on any atom is -0.478 e. The van der Waals surface area contributed by atoms with E-state index in [2.05, 4.69) is 18.0 Å². The van der Waals surface area contributed by atoms with Gasteiger partial charge in [0.2, 0.25) is 0 Å². The van der Waals surface area contributed by atoms with E-state index in [4.69, 9.17) is 0 Å². The summed E-state index contributed by atoms with van der Waals surface area (Å²) in [5.74, 6) is -0.935. The van der Waals surface area contributed by atoms with Crippen molar-refractivity contribution in [3.63, 3.8) is 0 Å². The second kappa shape index (κ2) is 5.63. The number of carbonyl (C=O) groups is 1. The highest BCUT2D eigenvalue weighted by Crippen LogP contribution is 2.31. The van der Waals surface area contributed by atoms with Crippen LogP contribution in [-0.4, -0.2) is 23.1 Å². The average molecular weight is 290 g/mol. The molecule has 2 aromatic rings. The minimum atomic E-state index is -0.935. The van der Waals surface area contributed by atoms with Crippen molar-refractivity contribution in [2.24, 2.45) is 0 Å². The summed E-state index contributed by atoms with van der Waals surface area (Å²) in [6.07, 6.45) is 0. The molecule has 0 bridgehead atoms. The number of nitrogens with zero attached hydrogens (tertiary/aromatic N) is 2. The Balaban J connectivity index is 2.48. The maximum Gasteiger partial charge on any atom is 0.339 e. The molecule has 0 aliphatic carbocycles. The number of aromatic carboxylic acids is 1. The summed E-state index contributed by atoms with van der Waals surface area (Å²) in [7, 11) is 1.92. The molecule has 0 radical (unpaired) electrons. The van der Waals surface area contributed by atoms with E-state index in [0.29, 0.717) is 11.4 Å². The van der Waals surface area contributed by atoms with E-state index >= 15 is 0 Å². The monoisotopic (exact) mass is 290 g/mol. The first-order valence-electron chi connectivity index (χ1n) is 6.39.